The van der Waals surface area contributed by atoms with E-state index in [-0.39, 0.29) is 5.91 Å². The van der Waals surface area contributed by atoms with Gasteiger partial charge in [0.2, 0.25) is 0 Å². The van der Waals surface area contributed by atoms with Crippen molar-refractivity contribution in [1.82, 2.24) is 20.1 Å². The van der Waals surface area contributed by atoms with Crippen LogP contribution >= 0.6 is 0 Å². The number of amides is 1. The molecule has 0 bridgehead atoms. The van der Waals surface area contributed by atoms with Crippen molar-refractivity contribution in [3.8, 4) is 0 Å². The first kappa shape index (κ1) is 16.2. The summed E-state index contributed by atoms with van der Waals surface area (Å²) in [4.78, 5) is 12.1. The second-order valence-corrected chi connectivity index (χ2v) is 5.97. The fraction of sp³-hybridized carbons (Fsp3) is 0.438. The van der Waals surface area contributed by atoms with Crippen molar-refractivity contribution in [2.45, 2.75) is 38.8 Å². The van der Waals surface area contributed by atoms with E-state index >= 15 is 0 Å². The Balaban J connectivity index is 1.86. The van der Waals surface area contributed by atoms with Crippen LogP contribution in [0.5, 0.6) is 0 Å². The molecule has 0 spiro atoms. The van der Waals surface area contributed by atoms with E-state index < -0.39 is 5.60 Å². The molecule has 0 aliphatic rings. The Morgan fingerprint density at radius 2 is 2.05 bits per heavy atom. The molecule has 1 amide bonds. The maximum Gasteiger partial charge on any atom is 0.251 e. The standard InChI is InChI=1S/C16H22N4O2/c1-16(2,22)7-6-13-4-3-5-14(10-13)15(21)17-8-9-20-11-18-19-12-20/h3-5,10-12,22H,6-9H2,1-2H3,(H,17,21). The molecular formula is C16H22N4O2. The predicted octanol–water partition coefficient (Wildman–Crippen LogP) is 1.41. The third-order valence-electron chi connectivity index (χ3n) is 3.34. The minimum atomic E-state index is -0.697. The van der Waals surface area contributed by atoms with Gasteiger partial charge in [0, 0.05) is 18.7 Å². The summed E-state index contributed by atoms with van der Waals surface area (Å²) >= 11 is 0. The highest BCUT2D eigenvalue weighted by Crippen LogP contribution is 2.14. The van der Waals surface area contributed by atoms with Gasteiger partial charge >= 0.3 is 0 Å². The average Bonchev–Trinajstić information content (AvgIpc) is 2.98. The Labute approximate surface area is 130 Å². The molecule has 0 fully saturated rings. The zero-order valence-corrected chi connectivity index (χ0v) is 13.0. The first-order chi connectivity index (χ1) is 10.4. The van der Waals surface area contributed by atoms with Crippen molar-refractivity contribution in [2.24, 2.45) is 0 Å². The summed E-state index contributed by atoms with van der Waals surface area (Å²) in [5.74, 6) is -0.0989. The van der Waals surface area contributed by atoms with Gasteiger partial charge in [0.1, 0.15) is 12.7 Å². The van der Waals surface area contributed by atoms with E-state index in [9.17, 15) is 9.90 Å². The first-order valence-electron chi connectivity index (χ1n) is 7.36. The number of benzene rings is 1. The van der Waals surface area contributed by atoms with Crippen molar-refractivity contribution in [3.05, 3.63) is 48.0 Å². The zero-order valence-electron chi connectivity index (χ0n) is 13.0. The van der Waals surface area contributed by atoms with Crippen LogP contribution in [-0.2, 0) is 13.0 Å². The molecule has 0 saturated heterocycles. The largest absolute Gasteiger partial charge is 0.390 e. The third kappa shape index (κ3) is 5.29. The van der Waals surface area contributed by atoms with E-state index in [1.54, 1.807) is 37.1 Å². The van der Waals surface area contributed by atoms with Gasteiger partial charge in [-0.2, -0.15) is 0 Å². The Morgan fingerprint density at radius 3 is 2.73 bits per heavy atom. The number of rotatable bonds is 7. The molecule has 22 heavy (non-hydrogen) atoms. The van der Waals surface area contributed by atoms with Gasteiger partial charge in [-0.1, -0.05) is 12.1 Å². The lowest BCUT2D eigenvalue weighted by atomic mass is 9.98. The SMILES string of the molecule is CC(C)(O)CCc1cccc(C(=O)NCCn2cnnc2)c1. The predicted molar refractivity (Wildman–Crippen MR) is 83.4 cm³/mol. The number of carbonyl (C=O) groups excluding carboxylic acids is 1. The lowest BCUT2D eigenvalue weighted by Gasteiger charge is -2.16. The van der Waals surface area contributed by atoms with Crippen LogP contribution in [0.25, 0.3) is 0 Å². The molecular weight excluding hydrogens is 280 g/mol. The molecule has 118 valence electrons. The summed E-state index contributed by atoms with van der Waals surface area (Å²) in [5, 5.41) is 20.1. The maximum atomic E-state index is 12.1. The van der Waals surface area contributed by atoms with Crippen molar-refractivity contribution >= 4 is 5.91 Å². The van der Waals surface area contributed by atoms with Gasteiger partial charge in [0.25, 0.3) is 5.91 Å². The molecule has 0 saturated carbocycles. The van der Waals surface area contributed by atoms with E-state index in [1.807, 2.05) is 18.2 Å². The topological polar surface area (TPSA) is 80.0 Å². The van der Waals surface area contributed by atoms with Gasteiger partial charge in [0.15, 0.2) is 0 Å². The number of aliphatic hydroxyl groups is 1. The fourth-order valence-corrected chi connectivity index (χ4v) is 2.06. The number of aromatic nitrogens is 3. The molecule has 2 N–H and O–H groups in total. The summed E-state index contributed by atoms with van der Waals surface area (Å²) in [5.41, 5.74) is 0.988. The van der Waals surface area contributed by atoms with Crippen molar-refractivity contribution in [1.29, 1.82) is 0 Å². The summed E-state index contributed by atoms with van der Waals surface area (Å²) < 4.78 is 1.81. The molecule has 0 atom stereocenters. The van der Waals surface area contributed by atoms with Gasteiger partial charge in [-0.15, -0.1) is 10.2 Å². The second-order valence-electron chi connectivity index (χ2n) is 5.97. The minimum absolute atomic E-state index is 0.0989. The number of hydrogen-bond acceptors (Lipinski definition) is 4. The number of hydrogen-bond donors (Lipinski definition) is 2. The third-order valence-corrected chi connectivity index (χ3v) is 3.34. The van der Waals surface area contributed by atoms with E-state index in [0.717, 1.165) is 12.0 Å². The number of aryl methyl sites for hydroxylation is 1. The summed E-state index contributed by atoms with van der Waals surface area (Å²) in [6.45, 7) is 4.73. The molecule has 1 aromatic heterocycles. The quantitative estimate of drug-likeness (QED) is 0.810. The molecule has 2 rings (SSSR count). The molecule has 0 aliphatic heterocycles. The summed E-state index contributed by atoms with van der Waals surface area (Å²) in [7, 11) is 0. The van der Waals surface area contributed by atoms with Crippen molar-refractivity contribution in [3.63, 3.8) is 0 Å². The van der Waals surface area contributed by atoms with E-state index in [2.05, 4.69) is 15.5 Å². The van der Waals surface area contributed by atoms with Gasteiger partial charge < -0.3 is 15.0 Å². The smallest absolute Gasteiger partial charge is 0.251 e. The number of nitrogens with zero attached hydrogens (tertiary/aromatic N) is 3. The Kier molecular flexibility index (Phi) is 5.27. The molecule has 6 nitrogen and oxygen atoms in total. The van der Waals surface area contributed by atoms with Gasteiger partial charge in [-0.3, -0.25) is 4.79 Å². The zero-order chi connectivity index (χ0) is 16.0. The van der Waals surface area contributed by atoms with Crippen LogP contribution in [0, 0.1) is 0 Å². The van der Waals surface area contributed by atoms with E-state index in [1.165, 1.54) is 0 Å². The second kappa shape index (κ2) is 7.17. The first-order valence-corrected chi connectivity index (χ1v) is 7.36. The van der Waals surface area contributed by atoms with Gasteiger partial charge in [0.05, 0.1) is 5.60 Å². The molecule has 0 unspecified atom stereocenters. The van der Waals surface area contributed by atoms with Crippen LogP contribution in [0.3, 0.4) is 0 Å². The van der Waals surface area contributed by atoms with Crippen LogP contribution in [0.15, 0.2) is 36.9 Å². The van der Waals surface area contributed by atoms with Gasteiger partial charge in [-0.05, 0) is 44.4 Å². The molecule has 0 radical (unpaired) electrons. The van der Waals surface area contributed by atoms with E-state index in [0.29, 0.717) is 25.1 Å². The molecule has 1 heterocycles. The van der Waals surface area contributed by atoms with Crippen molar-refractivity contribution < 1.29 is 9.90 Å². The normalized spacial score (nSPS) is 11.4. The summed E-state index contributed by atoms with van der Waals surface area (Å²) in [6.07, 6.45) is 4.63. The van der Waals surface area contributed by atoms with Gasteiger partial charge in [-0.25, -0.2) is 0 Å². The van der Waals surface area contributed by atoms with Crippen LogP contribution in [0.1, 0.15) is 36.2 Å². The highest BCUT2D eigenvalue weighted by Gasteiger charge is 2.13. The fourth-order valence-electron chi connectivity index (χ4n) is 2.06. The average molecular weight is 302 g/mol. The number of carbonyl (C=O) groups is 1. The molecule has 2 aromatic rings. The Hall–Kier alpha value is -2.21. The lowest BCUT2D eigenvalue weighted by Crippen LogP contribution is -2.27. The highest BCUT2D eigenvalue weighted by atomic mass is 16.3. The summed E-state index contributed by atoms with van der Waals surface area (Å²) in [6, 6.07) is 7.51. The Bertz CT molecular complexity index is 603. The molecule has 1 aromatic carbocycles. The van der Waals surface area contributed by atoms with Crippen LogP contribution in [0.2, 0.25) is 0 Å². The minimum Gasteiger partial charge on any atom is -0.390 e. The van der Waals surface area contributed by atoms with Crippen molar-refractivity contribution in [2.75, 3.05) is 6.54 Å². The number of nitrogens with one attached hydrogen (secondary N) is 1. The van der Waals surface area contributed by atoms with E-state index in [4.69, 9.17) is 0 Å². The van der Waals surface area contributed by atoms with Crippen LogP contribution in [-0.4, -0.2) is 37.9 Å². The monoisotopic (exact) mass is 302 g/mol. The maximum absolute atomic E-state index is 12.1. The van der Waals surface area contributed by atoms with Crippen LogP contribution < -0.4 is 5.32 Å². The molecule has 6 heteroatoms. The molecule has 0 aliphatic carbocycles. The highest BCUT2D eigenvalue weighted by molar-refractivity contribution is 5.94. The van der Waals surface area contributed by atoms with Crippen LogP contribution in [0.4, 0.5) is 0 Å². The lowest BCUT2D eigenvalue weighted by molar-refractivity contribution is 0.0714. The Morgan fingerprint density at radius 1 is 1.32 bits per heavy atom.